The first-order valence-electron chi connectivity index (χ1n) is 6.65. The van der Waals surface area contributed by atoms with Gasteiger partial charge in [-0.1, -0.05) is 19.8 Å². The maximum atomic E-state index is 5.64. The molecule has 1 N–H and O–H groups in total. The molecule has 0 aliphatic heterocycles. The van der Waals surface area contributed by atoms with Crippen molar-refractivity contribution in [3.8, 4) is 0 Å². The van der Waals surface area contributed by atoms with E-state index in [1.54, 1.807) is 0 Å². The monoisotopic (exact) mass is 234 g/mol. The van der Waals surface area contributed by atoms with E-state index < -0.39 is 0 Å². The predicted molar refractivity (Wildman–Crippen MR) is 70.0 cm³/mol. The first-order valence-corrected chi connectivity index (χ1v) is 6.65. The number of anilines is 1. The van der Waals surface area contributed by atoms with Crippen LogP contribution in [-0.2, 0) is 11.3 Å². The van der Waals surface area contributed by atoms with Crippen molar-refractivity contribution in [2.24, 2.45) is 5.92 Å². The number of hydrogen-bond acceptors (Lipinski definition) is 3. The van der Waals surface area contributed by atoms with Crippen molar-refractivity contribution in [1.82, 2.24) is 4.98 Å². The van der Waals surface area contributed by atoms with Gasteiger partial charge in [0.1, 0.15) is 0 Å². The zero-order valence-corrected chi connectivity index (χ0v) is 10.6. The summed E-state index contributed by atoms with van der Waals surface area (Å²) in [6.07, 6.45) is 7.00. The topological polar surface area (TPSA) is 34.2 Å². The van der Waals surface area contributed by atoms with Crippen molar-refractivity contribution < 1.29 is 4.74 Å². The third-order valence-electron chi connectivity index (χ3n) is 3.01. The second-order valence-corrected chi connectivity index (χ2v) is 4.75. The van der Waals surface area contributed by atoms with Gasteiger partial charge in [-0.15, -0.1) is 0 Å². The van der Waals surface area contributed by atoms with Gasteiger partial charge in [-0.3, -0.25) is 4.98 Å². The molecule has 0 bridgehead atoms. The lowest BCUT2D eigenvalue weighted by molar-refractivity contribution is 0.112. The summed E-state index contributed by atoms with van der Waals surface area (Å²) in [5.41, 5.74) is 2.16. The van der Waals surface area contributed by atoms with Crippen LogP contribution in [0.25, 0.3) is 0 Å². The molecule has 3 nitrogen and oxygen atoms in total. The van der Waals surface area contributed by atoms with Crippen LogP contribution in [-0.4, -0.2) is 18.1 Å². The minimum atomic E-state index is 0.633. The van der Waals surface area contributed by atoms with E-state index in [1.165, 1.54) is 19.3 Å². The molecule has 0 spiro atoms. The van der Waals surface area contributed by atoms with Gasteiger partial charge >= 0.3 is 0 Å². The molecule has 1 aliphatic carbocycles. The van der Waals surface area contributed by atoms with Gasteiger partial charge in [0, 0.05) is 25.0 Å². The molecule has 1 saturated carbocycles. The molecule has 1 aliphatic rings. The van der Waals surface area contributed by atoms with Crippen LogP contribution in [0.15, 0.2) is 18.3 Å². The van der Waals surface area contributed by atoms with Gasteiger partial charge in [0.05, 0.1) is 12.3 Å². The third kappa shape index (κ3) is 4.73. The van der Waals surface area contributed by atoms with E-state index in [1.807, 2.05) is 12.3 Å². The zero-order chi connectivity index (χ0) is 11.9. The summed E-state index contributed by atoms with van der Waals surface area (Å²) >= 11 is 0. The molecule has 17 heavy (non-hydrogen) atoms. The minimum absolute atomic E-state index is 0.633. The van der Waals surface area contributed by atoms with Gasteiger partial charge < -0.3 is 10.1 Å². The van der Waals surface area contributed by atoms with E-state index in [0.717, 1.165) is 36.9 Å². The lowest BCUT2D eigenvalue weighted by atomic mass is 10.3. The molecule has 2 rings (SSSR count). The fourth-order valence-corrected chi connectivity index (χ4v) is 1.77. The zero-order valence-electron chi connectivity index (χ0n) is 10.6. The summed E-state index contributed by atoms with van der Waals surface area (Å²) in [6.45, 7) is 4.68. The first kappa shape index (κ1) is 12.4. The molecular weight excluding hydrogens is 212 g/mol. The Bertz CT molecular complexity index is 337. The molecule has 1 aromatic rings. The van der Waals surface area contributed by atoms with E-state index in [9.17, 15) is 0 Å². The normalized spacial score (nSPS) is 14.9. The van der Waals surface area contributed by atoms with Gasteiger partial charge in [-0.25, -0.2) is 0 Å². The average molecular weight is 234 g/mol. The van der Waals surface area contributed by atoms with Crippen LogP contribution in [0.1, 0.15) is 38.3 Å². The molecule has 0 atom stereocenters. The van der Waals surface area contributed by atoms with Crippen molar-refractivity contribution in [3.63, 3.8) is 0 Å². The maximum Gasteiger partial charge on any atom is 0.0888 e. The van der Waals surface area contributed by atoms with Crippen LogP contribution in [0, 0.1) is 5.92 Å². The van der Waals surface area contributed by atoms with E-state index in [2.05, 4.69) is 23.3 Å². The van der Waals surface area contributed by atoms with Crippen molar-refractivity contribution in [2.45, 2.75) is 39.2 Å². The standard InChI is InChI=1S/C14H22N2O/c1-2-7-15-13-5-8-16-14(10-13)11-17-9-6-12-3-4-12/h5,8,10,12H,2-4,6-7,9,11H2,1H3,(H,15,16). The summed E-state index contributed by atoms with van der Waals surface area (Å²) in [4.78, 5) is 4.31. The summed E-state index contributed by atoms with van der Waals surface area (Å²) in [6, 6.07) is 4.08. The van der Waals surface area contributed by atoms with E-state index in [4.69, 9.17) is 4.74 Å². The molecule has 94 valence electrons. The SMILES string of the molecule is CCCNc1ccnc(COCCC2CC2)c1. The third-order valence-corrected chi connectivity index (χ3v) is 3.01. The van der Waals surface area contributed by atoms with Crippen LogP contribution in [0.5, 0.6) is 0 Å². The van der Waals surface area contributed by atoms with Gasteiger partial charge in [0.25, 0.3) is 0 Å². The smallest absolute Gasteiger partial charge is 0.0888 e. The molecule has 0 radical (unpaired) electrons. The van der Waals surface area contributed by atoms with Gasteiger partial charge in [-0.2, -0.15) is 0 Å². The Balaban J connectivity index is 1.70. The summed E-state index contributed by atoms with van der Waals surface area (Å²) < 4.78 is 5.64. The highest BCUT2D eigenvalue weighted by molar-refractivity contribution is 5.42. The fraction of sp³-hybridized carbons (Fsp3) is 0.643. The second kappa shape index (κ2) is 6.60. The molecule has 0 saturated heterocycles. The van der Waals surface area contributed by atoms with Crippen LogP contribution in [0.2, 0.25) is 0 Å². The van der Waals surface area contributed by atoms with Crippen molar-refractivity contribution in [3.05, 3.63) is 24.0 Å². The number of nitrogens with zero attached hydrogens (tertiary/aromatic N) is 1. The van der Waals surface area contributed by atoms with Crippen LogP contribution >= 0.6 is 0 Å². The average Bonchev–Trinajstić information content (AvgIpc) is 3.17. The number of pyridine rings is 1. The second-order valence-electron chi connectivity index (χ2n) is 4.75. The molecule has 1 heterocycles. The Morgan fingerprint density at radius 1 is 1.47 bits per heavy atom. The van der Waals surface area contributed by atoms with Crippen molar-refractivity contribution >= 4 is 5.69 Å². The molecule has 0 amide bonds. The highest BCUT2D eigenvalue weighted by Crippen LogP contribution is 2.32. The van der Waals surface area contributed by atoms with Crippen LogP contribution in [0.4, 0.5) is 5.69 Å². The lowest BCUT2D eigenvalue weighted by Crippen LogP contribution is -2.02. The molecule has 3 heteroatoms. The number of aromatic nitrogens is 1. The highest BCUT2D eigenvalue weighted by Gasteiger charge is 2.20. The Labute approximate surface area is 104 Å². The van der Waals surface area contributed by atoms with E-state index >= 15 is 0 Å². The van der Waals surface area contributed by atoms with Crippen molar-refractivity contribution in [1.29, 1.82) is 0 Å². The lowest BCUT2D eigenvalue weighted by Gasteiger charge is -2.07. The van der Waals surface area contributed by atoms with Gasteiger partial charge in [0.15, 0.2) is 0 Å². The van der Waals surface area contributed by atoms with Gasteiger partial charge in [0.2, 0.25) is 0 Å². The van der Waals surface area contributed by atoms with E-state index in [0.29, 0.717) is 6.61 Å². The first-order chi connectivity index (χ1) is 8.38. The molecule has 0 unspecified atom stereocenters. The largest absolute Gasteiger partial charge is 0.385 e. The Morgan fingerprint density at radius 2 is 2.35 bits per heavy atom. The molecule has 1 fully saturated rings. The number of hydrogen-bond donors (Lipinski definition) is 1. The molecule has 0 aromatic carbocycles. The highest BCUT2D eigenvalue weighted by atomic mass is 16.5. The minimum Gasteiger partial charge on any atom is -0.385 e. The number of nitrogens with one attached hydrogen (secondary N) is 1. The Hall–Kier alpha value is -1.09. The predicted octanol–water partition coefficient (Wildman–Crippen LogP) is 3.22. The number of ether oxygens (including phenoxy) is 1. The Morgan fingerprint density at radius 3 is 3.12 bits per heavy atom. The van der Waals surface area contributed by atoms with Crippen LogP contribution < -0.4 is 5.32 Å². The van der Waals surface area contributed by atoms with Gasteiger partial charge in [-0.05, 0) is 30.9 Å². The summed E-state index contributed by atoms with van der Waals surface area (Å²) in [7, 11) is 0. The number of rotatable bonds is 8. The van der Waals surface area contributed by atoms with Crippen LogP contribution in [0.3, 0.4) is 0 Å². The fourth-order valence-electron chi connectivity index (χ4n) is 1.77. The maximum absolute atomic E-state index is 5.64. The summed E-state index contributed by atoms with van der Waals surface area (Å²) in [5, 5.41) is 3.36. The van der Waals surface area contributed by atoms with Crippen molar-refractivity contribution in [2.75, 3.05) is 18.5 Å². The quantitative estimate of drug-likeness (QED) is 0.701. The van der Waals surface area contributed by atoms with E-state index in [-0.39, 0.29) is 0 Å². The Kier molecular flexibility index (Phi) is 4.80. The summed E-state index contributed by atoms with van der Waals surface area (Å²) in [5.74, 6) is 0.945. The molecule has 1 aromatic heterocycles. The molecular formula is C14H22N2O.